The van der Waals surface area contributed by atoms with Crippen molar-refractivity contribution in [2.75, 3.05) is 13.1 Å². The van der Waals surface area contributed by atoms with Crippen LogP contribution >= 0.6 is 48.0 Å². The van der Waals surface area contributed by atoms with Gasteiger partial charge in [-0.25, -0.2) is 0 Å². The fraction of sp³-hybridized carbons (Fsp3) is 0.125. The summed E-state index contributed by atoms with van der Waals surface area (Å²) in [6, 6.07) is 28.8. The maximum absolute atomic E-state index is 6.11. The van der Waals surface area contributed by atoms with Gasteiger partial charge in [0.15, 0.2) is 0 Å². The van der Waals surface area contributed by atoms with Crippen LogP contribution in [-0.2, 0) is 0 Å². The van der Waals surface area contributed by atoms with Crippen molar-refractivity contribution in [3.8, 4) is 0 Å². The van der Waals surface area contributed by atoms with Crippen LogP contribution in [0.4, 0.5) is 0 Å². The van der Waals surface area contributed by atoms with E-state index in [9.17, 15) is 0 Å². The minimum atomic E-state index is 0. The number of hydrogen-bond donors (Lipinski definition) is 2. The average molecular weight is 602 g/mol. The normalized spacial score (nSPS) is 15.6. The smallest absolute Gasteiger partial charge is 0.0409 e. The summed E-state index contributed by atoms with van der Waals surface area (Å²) in [6.45, 7) is 1.18. The van der Waals surface area contributed by atoms with Crippen molar-refractivity contribution in [3.63, 3.8) is 0 Å². The van der Waals surface area contributed by atoms with Gasteiger partial charge in [0.1, 0.15) is 0 Å². The zero-order chi connectivity index (χ0) is 25.1. The molecule has 4 aromatic rings. The van der Waals surface area contributed by atoms with E-state index in [1.165, 1.54) is 44.5 Å². The maximum Gasteiger partial charge on any atom is 0.0409 e. The number of fused-ring (bicyclic) bond motifs is 4. The van der Waals surface area contributed by atoms with Gasteiger partial charge < -0.3 is 16.9 Å². The van der Waals surface area contributed by atoms with E-state index in [1.54, 1.807) is 0 Å². The lowest BCUT2D eigenvalue weighted by atomic mass is 9.88. The van der Waals surface area contributed by atoms with Crippen LogP contribution < -0.4 is 11.5 Å². The largest absolute Gasteiger partial charge is 0.412 e. The molecule has 6 N–H and O–H groups in total. The third-order valence-electron chi connectivity index (χ3n) is 6.95. The first-order valence-corrected chi connectivity index (χ1v) is 12.9. The number of hydrogen-bond acceptors (Lipinski definition) is 2. The first kappa shape index (κ1) is 32.6. The van der Waals surface area contributed by atoms with Gasteiger partial charge >= 0.3 is 0 Å². The molecule has 0 bridgehead atoms. The molecule has 39 heavy (non-hydrogen) atoms. The Morgan fingerprint density at radius 3 is 1.18 bits per heavy atom. The predicted molar refractivity (Wildman–Crippen MR) is 174 cm³/mol. The van der Waals surface area contributed by atoms with Crippen LogP contribution in [-0.4, -0.2) is 18.6 Å². The van der Waals surface area contributed by atoms with Gasteiger partial charge in [-0.15, -0.1) is 24.8 Å². The molecule has 2 aliphatic rings. The van der Waals surface area contributed by atoms with E-state index in [0.29, 0.717) is 13.1 Å². The Kier molecular flexibility index (Phi) is 12.3. The molecule has 2 aliphatic carbocycles. The van der Waals surface area contributed by atoms with E-state index >= 15 is 0 Å². The van der Waals surface area contributed by atoms with Gasteiger partial charge in [0.05, 0.1) is 0 Å². The molecule has 7 heteroatoms. The molecule has 0 aromatic heterocycles. The Bertz CT molecular complexity index is 1360. The number of halogens is 4. The van der Waals surface area contributed by atoms with Crippen LogP contribution in [0.5, 0.6) is 0 Å². The van der Waals surface area contributed by atoms with E-state index in [2.05, 4.69) is 85.0 Å². The van der Waals surface area contributed by atoms with E-state index in [1.807, 2.05) is 24.3 Å². The van der Waals surface area contributed by atoms with Gasteiger partial charge in [0.25, 0.3) is 0 Å². The van der Waals surface area contributed by atoms with Gasteiger partial charge in [-0.2, -0.15) is 0 Å². The molecule has 0 heterocycles. The minimum Gasteiger partial charge on any atom is -0.412 e. The molecule has 0 saturated heterocycles. The second kappa shape index (κ2) is 14.7. The van der Waals surface area contributed by atoms with Gasteiger partial charge in [-0.1, -0.05) is 108 Å². The summed E-state index contributed by atoms with van der Waals surface area (Å²) in [7, 11) is 0. The summed E-state index contributed by atoms with van der Waals surface area (Å²) in [4.78, 5) is 0. The molecular formula is C32H32Cl4N2O. The third-order valence-corrected chi connectivity index (χ3v) is 7.42. The first-order valence-electron chi connectivity index (χ1n) is 12.1. The lowest BCUT2D eigenvalue weighted by Gasteiger charge is -2.18. The number of rotatable bonds is 2. The molecule has 0 saturated carbocycles. The van der Waals surface area contributed by atoms with Crippen LogP contribution in [0.2, 0.25) is 10.0 Å². The number of benzene rings is 4. The Balaban J connectivity index is 0.000000254. The molecule has 0 fully saturated rings. The van der Waals surface area contributed by atoms with Crippen molar-refractivity contribution < 1.29 is 5.48 Å². The first-order chi connectivity index (χ1) is 17.6. The molecule has 6 rings (SSSR count). The van der Waals surface area contributed by atoms with Crippen LogP contribution in [0.3, 0.4) is 0 Å². The summed E-state index contributed by atoms with van der Waals surface area (Å²) in [5.74, 6) is 0.426. The Morgan fingerprint density at radius 2 is 0.821 bits per heavy atom. The molecule has 2 atom stereocenters. The number of nitrogens with two attached hydrogens (primary N) is 2. The standard InChI is InChI=1S/2C16H14ClN.2ClH.H2O/c2*17-13-8-7-12-6-5-11-3-1-2-4-14(11)16(10-18)15(12)9-13;;;/h2*1-9,16H,10,18H2;2*1H;1H2. The molecule has 0 spiro atoms. The Morgan fingerprint density at radius 1 is 0.487 bits per heavy atom. The highest BCUT2D eigenvalue weighted by Crippen LogP contribution is 2.36. The van der Waals surface area contributed by atoms with Gasteiger partial charge in [-0.3, -0.25) is 0 Å². The highest BCUT2D eigenvalue weighted by molar-refractivity contribution is 6.31. The fourth-order valence-electron chi connectivity index (χ4n) is 5.16. The SMILES string of the molecule is Cl.Cl.NCC1c2ccccc2C=Cc2ccc(Cl)cc21.NCC1c2ccccc2C=Cc2ccc(Cl)cc21.O. The van der Waals surface area contributed by atoms with Gasteiger partial charge in [-0.05, 0) is 68.8 Å². The van der Waals surface area contributed by atoms with Gasteiger partial charge in [0, 0.05) is 35.0 Å². The van der Waals surface area contributed by atoms with Crippen molar-refractivity contribution >= 4 is 72.3 Å². The van der Waals surface area contributed by atoms with Gasteiger partial charge in [0.2, 0.25) is 0 Å². The molecular weight excluding hydrogens is 570 g/mol. The monoisotopic (exact) mass is 600 g/mol. The molecule has 0 amide bonds. The molecule has 4 aromatic carbocycles. The van der Waals surface area contributed by atoms with Crippen LogP contribution in [0.15, 0.2) is 84.9 Å². The van der Waals surface area contributed by atoms with Crippen molar-refractivity contribution in [1.82, 2.24) is 0 Å². The quantitative estimate of drug-likeness (QED) is 0.245. The predicted octanol–water partition coefficient (Wildman–Crippen LogP) is 7.85. The van der Waals surface area contributed by atoms with Crippen LogP contribution in [0, 0.1) is 0 Å². The van der Waals surface area contributed by atoms with Crippen molar-refractivity contribution in [2.24, 2.45) is 11.5 Å². The van der Waals surface area contributed by atoms with Crippen molar-refractivity contribution in [3.05, 3.63) is 139 Å². The lowest BCUT2D eigenvalue weighted by Crippen LogP contribution is -2.15. The zero-order valence-electron chi connectivity index (χ0n) is 21.2. The lowest BCUT2D eigenvalue weighted by molar-refractivity contribution is 0.817. The molecule has 3 nitrogen and oxygen atoms in total. The van der Waals surface area contributed by atoms with Crippen molar-refractivity contribution in [2.45, 2.75) is 11.8 Å². The Labute approximate surface area is 252 Å². The highest BCUT2D eigenvalue weighted by atomic mass is 35.5. The van der Waals surface area contributed by atoms with E-state index in [0.717, 1.165) is 10.0 Å². The summed E-state index contributed by atoms with van der Waals surface area (Å²) in [5.41, 5.74) is 21.8. The zero-order valence-corrected chi connectivity index (χ0v) is 24.3. The second-order valence-corrected chi connectivity index (χ2v) is 9.92. The van der Waals surface area contributed by atoms with E-state index in [4.69, 9.17) is 34.7 Å². The minimum absolute atomic E-state index is 0. The van der Waals surface area contributed by atoms with Crippen LogP contribution in [0.25, 0.3) is 24.3 Å². The van der Waals surface area contributed by atoms with Crippen molar-refractivity contribution in [1.29, 1.82) is 0 Å². The second-order valence-electron chi connectivity index (χ2n) is 9.05. The molecule has 0 radical (unpaired) electrons. The molecule has 2 unspecified atom stereocenters. The van der Waals surface area contributed by atoms with E-state index < -0.39 is 0 Å². The summed E-state index contributed by atoms with van der Waals surface area (Å²) in [5, 5.41) is 1.53. The maximum atomic E-state index is 6.11. The third kappa shape index (κ3) is 6.95. The summed E-state index contributed by atoms with van der Waals surface area (Å²) in [6.07, 6.45) is 8.58. The highest BCUT2D eigenvalue weighted by Gasteiger charge is 2.21. The average Bonchev–Trinajstić information content (AvgIpc) is 3.16. The van der Waals surface area contributed by atoms with E-state index in [-0.39, 0.29) is 42.1 Å². The molecule has 0 aliphatic heterocycles. The Hall–Kier alpha value is -2.60. The summed E-state index contributed by atoms with van der Waals surface area (Å²) >= 11 is 12.2. The van der Waals surface area contributed by atoms with Crippen LogP contribution in [0.1, 0.15) is 56.3 Å². The topological polar surface area (TPSA) is 83.5 Å². The molecule has 204 valence electrons. The summed E-state index contributed by atoms with van der Waals surface area (Å²) < 4.78 is 0. The fourth-order valence-corrected chi connectivity index (χ4v) is 5.52.